The van der Waals surface area contributed by atoms with Crippen LogP contribution in [0.1, 0.15) is 18.5 Å². The number of rotatable bonds is 3. The molecule has 2 aromatic carbocycles. The second kappa shape index (κ2) is 7.22. The lowest BCUT2D eigenvalue weighted by atomic mass is 9.91. The third kappa shape index (κ3) is 3.46. The molecule has 0 aliphatic carbocycles. The Kier molecular flexibility index (Phi) is 5.20. The van der Waals surface area contributed by atoms with Gasteiger partial charge in [-0.3, -0.25) is 15.2 Å². The number of halogens is 3. The van der Waals surface area contributed by atoms with Crippen molar-refractivity contribution < 1.29 is 4.79 Å². The molecule has 1 heterocycles. The molecule has 5 nitrogen and oxygen atoms in total. The summed E-state index contributed by atoms with van der Waals surface area (Å²) < 4.78 is 0. The van der Waals surface area contributed by atoms with E-state index in [-0.39, 0.29) is 12.0 Å². The van der Waals surface area contributed by atoms with Gasteiger partial charge in [0.15, 0.2) is 0 Å². The molecular weight excluding hydrogens is 383 g/mol. The minimum Gasteiger partial charge on any atom is -0.289 e. The van der Waals surface area contributed by atoms with Crippen LogP contribution in [0.2, 0.25) is 15.1 Å². The second-order valence-corrected chi connectivity index (χ2v) is 6.96. The van der Waals surface area contributed by atoms with Crippen molar-refractivity contribution in [1.29, 1.82) is 0 Å². The van der Waals surface area contributed by atoms with Gasteiger partial charge in [0.1, 0.15) is 5.71 Å². The lowest BCUT2D eigenvalue weighted by molar-refractivity contribution is -0.115. The molecule has 0 radical (unpaired) electrons. The molecule has 0 bridgehead atoms. The van der Waals surface area contributed by atoms with Gasteiger partial charge in [0, 0.05) is 16.0 Å². The molecule has 8 heteroatoms. The maximum absolute atomic E-state index is 12.1. The fourth-order valence-corrected chi connectivity index (χ4v) is 3.54. The number of benzene rings is 2. The van der Waals surface area contributed by atoms with Crippen LogP contribution in [0.15, 0.2) is 47.6 Å². The predicted molar refractivity (Wildman–Crippen MR) is 102 cm³/mol. The zero-order valence-electron chi connectivity index (χ0n) is 13.2. The molecule has 3 rings (SSSR count). The third-order valence-corrected chi connectivity index (χ3v) is 4.91. The van der Waals surface area contributed by atoms with E-state index < -0.39 is 5.91 Å². The molecule has 0 aromatic heterocycles. The van der Waals surface area contributed by atoms with Crippen molar-refractivity contribution in [3.05, 3.63) is 63.1 Å². The molecule has 0 saturated carbocycles. The van der Waals surface area contributed by atoms with Crippen LogP contribution in [0.4, 0.5) is 5.69 Å². The Hall–Kier alpha value is -1.79. The molecule has 2 atom stereocenters. The van der Waals surface area contributed by atoms with Crippen molar-refractivity contribution in [3.8, 4) is 0 Å². The minimum absolute atomic E-state index is 0.212. The number of nitrogens with one attached hydrogen (secondary N) is 1. The SMILES string of the molecule is CC1C(C(=O)NN)=NN(c2ccc(Cl)cc2Cl)C1c1ccc(Cl)cc1. The summed E-state index contributed by atoms with van der Waals surface area (Å²) in [4.78, 5) is 12.1. The predicted octanol–water partition coefficient (Wildman–Crippen LogP) is 4.19. The molecule has 0 spiro atoms. The van der Waals surface area contributed by atoms with Crippen molar-refractivity contribution >= 4 is 52.1 Å². The van der Waals surface area contributed by atoms with Gasteiger partial charge >= 0.3 is 0 Å². The van der Waals surface area contributed by atoms with Gasteiger partial charge in [-0.2, -0.15) is 5.10 Å². The monoisotopic (exact) mass is 396 g/mol. The smallest absolute Gasteiger partial charge is 0.281 e. The van der Waals surface area contributed by atoms with Crippen molar-refractivity contribution in [1.82, 2.24) is 5.43 Å². The first-order valence-electron chi connectivity index (χ1n) is 7.51. The summed E-state index contributed by atoms with van der Waals surface area (Å²) in [6.07, 6.45) is 0. The highest BCUT2D eigenvalue weighted by Crippen LogP contribution is 2.42. The number of anilines is 1. The van der Waals surface area contributed by atoms with E-state index in [1.807, 2.05) is 19.1 Å². The highest BCUT2D eigenvalue weighted by Gasteiger charge is 2.39. The Morgan fingerprint density at radius 3 is 2.36 bits per heavy atom. The van der Waals surface area contributed by atoms with Crippen LogP contribution in [0, 0.1) is 5.92 Å². The van der Waals surface area contributed by atoms with E-state index in [2.05, 4.69) is 10.5 Å². The van der Waals surface area contributed by atoms with Crippen molar-refractivity contribution in [2.45, 2.75) is 13.0 Å². The Balaban J connectivity index is 2.10. The second-order valence-electron chi connectivity index (χ2n) is 5.68. The maximum atomic E-state index is 12.1. The fourth-order valence-electron chi connectivity index (χ4n) is 2.92. The number of nitrogens with zero attached hydrogens (tertiary/aromatic N) is 2. The molecule has 2 aromatic rings. The van der Waals surface area contributed by atoms with Gasteiger partial charge in [0.25, 0.3) is 5.91 Å². The van der Waals surface area contributed by atoms with Gasteiger partial charge in [-0.15, -0.1) is 0 Å². The molecule has 130 valence electrons. The quantitative estimate of drug-likeness (QED) is 0.463. The highest BCUT2D eigenvalue weighted by atomic mass is 35.5. The summed E-state index contributed by atoms with van der Waals surface area (Å²) in [5, 5.41) is 7.79. The number of amides is 1. The van der Waals surface area contributed by atoms with E-state index in [1.165, 1.54) is 0 Å². The zero-order chi connectivity index (χ0) is 18.1. The van der Waals surface area contributed by atoms with Crippen LogP contribution < -0.4 is 16.3 Å². The molecule has 0 fully saturated rings. The summed E-state index contributed by atoms with van der Waals surface area (Å²) >= 11 is 18.3. The standard InChI is InChI=1S/C17H15Cl3N4O/c1-9-15(17(25)22-21)23-24(14-7-6-12(19)8-13(14)20)16(9)10-2-4-11(18)5-3-10/h2-9,16H,21H2,1H3,(H,22,25). The fraction of sp³-hybridized carbons (Fsp3) is 0.176. The number of hydrogen-bond acceptors (Lipinski definition) is 4. The van der Waals surface area contributed by atoms with Crippen LogP contribution in [0.3, 0.4) is 0 Å². The first-order valence-corrected chi connectivity index (χ1v) is 8.65. The zero-order valence-corrected chi connectivity index (χ0v) is 15.5. The van der Waals surface area contributed by atoms with Crippen LogP contribution in [-0.2, 0) is 4.79 Å². The van der Waals surface area contributed by atoms with E-state index in [4.69, 9.17) is 40.6 Å². The Morgan fingerprint density at radius 1 is 1.12 bits per heavy atom. The number of hydrazine groups is 1. The van der Waals surface area contributed by atoms with E-state index >= 15 is 0 Å². The first kappa shape index (κ1) is 18.0. The average molecular weight is 398 g/mol. The van der Waals surface area contributed by atoms with Crippen LogP contribution in [-0.4, -0.2) is 11.6 Å². The van der Waals surface area contributed by atoms with Crippen molar-refractivity contribution in [2.24, 2.45) is 16.9 Å². The summed E-state index contributed by atoms with van der Waals surface area (Å²) in [6, 6.07) is 12.3. The Morgan fingerprint density at radius 2 is 1.76 bits per heavy atom. The molecule has 1 amide bonds. The first-order chi connectivity index (χ1) is 11.9. The van der Waals surface area contributed by atoms with E-state index in [0.29, 0.717) is 26.5 Å². The van der Waals surface area contributed by atoms with E-state index in [0.717, 1.165) is 5.56 Å². The molecule has 0 saturated heterocycles. The molecule has 2 unspecified atom stereocenters. The van der Waals surface area contributed by atoms with Crippen LogP contribution in [0.25, 0.3) is 0 Å². The van der Waals surface area contributed by atoms with Gasteiger partial charge < -0.3 is 0 Å². The summed E-state index contributed by atoms with van der Waals surface area (Å²) in [6.45, 7) is 1.91. The van der Waals surface area contributed by atoms with Gasteiger partial charge in [0.2, 0.25) is 0 Å². The minimum atomic E-state index is -0.431. The average Bonchev–Trinajstić information content (AvgIpc) is 2.92. The lowest BCUT2D eigenvalue weighted by Crippen LogP contribution is -2.38. The van der Waals surface area contributed by atoms with E-state index in [1.54, 1.807) is 35.3 Å². The summed E-state index contributed by atoms with van der Waals surface area (Å²) in [5.74, 6) is 4.65. The number of hydrazone groups is 1. The maximum Gasteiger partial charge on any atom is 0.281 e. The Labute approximate surface area is 160 Å². The Bertz CT molecular complexity index is 838. The van der Waals surface area contributed by atoms with Gasteiger partial charge in [0.05, 0.1) is 16.8 Å². The largest absolute Gasteiger partial charge is 0.289 e. The van der Waals surface area contributed by atoms with Crippen molar-refractivity contribution in [2.75, 3.05) is 5.01 Å². The number of nitrogens with two attached hydrogens (primary N) is 1. The molecule has 1 aliphatic heterocycles. The van der Waals surface area contributed by atoms with Crippen LogP contribution >= 0.6 is 34.8 Å². The lowest BCUT2D eigenvalue weighted by Gasteiger charge is -2.27. The number of carbonyl (C=O) groups excluding carboxylic acids is 1. The molecule has 1 aliphatic rings. The number of hydrogen-bond donors (Lipinski definition) is 2. The normalized spacial score (nSPS) is 19.7. The summed E-state index contributed by atoms with van der Waals surface area (Å²) in [5.41, 5.74) is 4.07. The molecule has 3 N–H and O–H groups in total. The molecular formula is C17H15Cl3N4O. The van der Waals surface area contributed by atoms with Gasteiger partial charge in [-0.05, 0) is 35.9 Å². The van der Waals surface area contributed by atoms with Gasteiger partial charge in [-0.25, -0.2) is 5.84 Å². The third-order valence-electron chi connectivity index (χ3n) is 4.12. The van der Waals surface area contributed by atoms with Gasteiger partial charge in [-0.1, -0.05) is 53.9 Å². The van der Waals surface area contributed by atoms with E-state index in [9.17, 15) is 4.79 Å². The highest BCUT2D eigenvalue weighted by molar-refractivity contribution is 6.41. The van der Waals surface area contributed by atoms with Crippen LogP contribution in [0.5, 0.6) is 0 Å². The topological polar surface area (TPSA) is 70.7 Å². The number of carbonyl (C=O) groups is 1. The summed E-state index contributed by atoms with van der Waals surface area (Å²) in [7, 11) is 0. The molecule has 25 heavy (non-hydrogen) atoms. The van der Waals surface area contributed by atoms with Crippen molar-refractivity contribution in [3.63, 3.8) is 0 Å².